The molecule has 0 aliphatic rings. The van der Waals surface area contributed by atoms with Crippen molar-refractivity contribution in [3.63, 3.8) is 0 Å². The lowest BCUT2D eigenvalue weighted by molar-refractivity contribution is 0.0689. The topological polar surface area (TPSA) is 63.1 Å². The van der Waals surface area contributed by atoms with E-state index >= 15 is 0 Å². The van der Waals surface area contributed by atoms with Crippen molar-refractivity contribution < 1.29 is 9.90 Å². The lowest BCUT2D eigenvalue weighted by atomic mass is 10.3. The molecule has 0 fully saturated rings. The van der Waals surface area contributed by atoms with Gasteiger partial charge in [0.1, 0.15) is 0 Å². The van der Waals surface area contributed by atoms with E-state index < -0.39 is 5.97 Å². The normalized spacial score (nSPS) is 9.64. The van der Waals surface area contributed by atoms with E-state index in [4.69, 9.17) is 16.7 Å². The fourth-order valence-electron chi connectivity index (χ4n) is 0.575. The summed E-state index contributed by atoms with van der Waals surface area (Å²) in [6.45, 7) is 1.67. The minimum absolute atomic E-state index is 0.0908. The van der Waals surface area contributed by atoms with Gasteiger partial charge in [-0.1, -0.05) is 11.6 Å². The Balaban J connectivity index is 3.15. The fraction of sp³-hybridized carbons (Fsp3) is 0.167. The van der Waals surface area contributed by atoms with Crippen LogP contribution in [-0.2, 0) is 0 Å². The van der Waals surface area contributed by atoms with Gasteiger partial charge in [-0.15, -0.1) is 10.2 Å². The molecule has 0 aliphatic heterocycles. The van der Waals surface area contributed by atoms with E-state index in [1.807, 2.05) is 0 Å². The fourth-order valence-corrected chi connectivity index (χ4v) is 0.667. The number of aryl methyl sites for hydroxylation is 1. The first-order valence-electron chi connectivity index (χ1n) is 2.84. The van der Waals surface area contributed by atoms with Crippen molar-refractivity contribution in [3.8, 4) is 0 Å². The molecule has 11 heavy (non-hydrogen) atoms. The maximum atomic E-state index is 10.3. The molecule has 0 aliphatic carbocycles. The zero-order chi connectivity index (χ0) is 8.43. The van der Waals surface area contributed by atoms with Gasteiger partial charge in [-0.3, -0.25) is 0 Å². The molecular formula is C6H5ClN2O2. The molecule has 0 unspecified atom stereocenters. The zero-order valence-electron chi connectivity index (χ0n) is 5.71. The number of aromatic carboxylic acids is 1. The number of halogens is 1. The molecule has 58 valence electrons. The third-order valence-electron chi connectivity index (χ3n) is 1.14. The summed E-state index contributed by atoms with van der Waals surface area (Å²) < 4.78 is 0. The van der Waals surface area contributed by atoms with Crippen LogP contribution in [0.2, 0.25) is 5.15 Å². The standard InChI is InChI=1S/C6H5ClN2O2/c1-3-2-4(6(10)11)8-9-5(3)7/h2H,1H3,(H,10,11). The van der Waals surface area contributed by atoms with E-state index in [0.29, 0.717) is 5.56 Å². The van der Waals surface area contributed by atoms with E-state index in [-0.39, 0.29) is 10.8 Å². The van der Waals surface area contributed by atoms with Gasteiger partial charge in [-0.25, -0.2) is 4.79 Å². The second-order valence-corrected chi connectivity index (χ2v) is 2.37. The highest BCUT2D eigenvalue weighted by Crippen LogP contribution is 2.09. The molecule has 4 nitrogen and oxygen atoms in total. The quantitative estimate of drug-likeness (QED) is 0.690. The summed E-state index contributed by atoms with van der Waals surface area (Å²) in [5.74, 6) is -1.10. The van der Waals surface area contributed by atoms with Gasteiger partial charge in [0.25, 0.3) is 0 Å². The molecule has 0 atom stereocenters. The number of carboxylic acids is 1. The van der Waals surface area contributed by atoms with E-state index in [9.17, 15) is 4.79 Å². The molecule has 0 radical (unpaired) electrons. The Kier molecular flexibility index (Phi) is 2.05. The predicted molar refractivity (Wildman–Crippen MR) is 38.7 cm³/mol. The van der Waals surface area contributed by atoms with Gasteiger partial charge in [-0.2, -0.15) is 0 Å². The summed E-state index contributed by atoms with van der Waals surface area (Å²) in [4.78, 5) is 10.3. The minimum atomic E-state index is -1.10. The predicted octanol–water partition coefficient (Wildman–Crippen LogP) is 1.14. The molecule has 0 bridgehead atoms. The van der Waals surface area contributed by atoms with E-state index in [0.717, 1.165) is 0 Å². The third kappa shape index (κ3) is 1.65. The molecule has 1 N–H and O–H groups in total. The highest BCUT2D eigenvalue weighted by Gasteiger charge is 2.06. The maximum absolute atomic E-state index is 10.3. The molecule has 0 saturated carbocycles. The first-order valence-corrected chi connectivity index (χ1v) is 3.22. The highest BCUT2D eigenvalue weighted by molar-refractivity contribution is 6.30. The Morgan fingerprint density at radius 1 is 1.64 bits per heavy atom. The van der Waals surface area contributed by atoms with Gasteiger partial charge in [-0.05, 0) is 18.6 Å². The summed E-state index contributed by atoms with van der Waals surface area (Å²) in [7, 11) is 0. The Bertz CT molecular complexity index is 301. The van der Waals surface area contributed by atoms with Crippen LogP contribution in [0.15, 0.2) is 6.07 Å². The molecule has 0 aromatic carbocycles. The highest BCUT2D eigenvalue weighted by atomic mass is 35.5. The minimum Gasteiger partial charge on any atom is -0.476 e. The second kappa shape index (κ2) is 2.84. The van der Waals surface area contributed by atoms with Crippen molar-refractivity contribution >= 4 is 17.6 Å². The van der Waals surface area contributed by atoms with Crippen molar-refractivity contribution in [1.82, 2.24) is 10.2 Å². The van der Waals surface area contributed by atoms with Crippen LogP contribution in [-0.4, -0.2) is 21.3 Å². The lowest BCUT2D eigenvalue weighted by Gasteiger charge is -1.95. The van der Waals surface area contributed by atoms with Gasteiger partial charge in [0.2, 0.25) is 0 Å². The SMILES string of the molecule is Cc1cc(C(=O)O)nnc1Cl. The smallest absolute Gasteiger partial charge is 0.356 e. The summed E-state index contributed by atoms with van der Waals surface area (Å²) in [6, 6.07) is 1.37. The molecule has 0 amide bonds. The first-order chi connectivity index (χ1) is 5.11. The number of aromatic nitrogens is 2. The van der Waals surface area contributed by atoms with Gasteiger partial charge in [0, 0.05) is 0 Å². The van der Waals surface area contributed by atoms with Crippen molar-refractivity contribution in [1.29, 1.82) is 0 Å². The summed E-state index contributed by atoms with van der Waals surface area (Å²) in [5.41, 5.74) is 0.519. The van der Waals surface area contributed by atoms with Gasteiger partial charge >= 0.3 is 5.97 Å². The van der Waals surface area contributed by atoms with E-state index in [1.54, 1.807) is 6.92 Å². The van der Waals surface area contributed by atoms with Gasteiger partial charge in [0.15, 0.2) is 10.8 Å². The third-order valence-corrected chi connectivity index (χ3v) is 1.52. The summed E-state index contributed by atoms with van der Waals surface area (Å²) in [5, 5.41) is 15.5. The Morgan fingerprint density at radius 2 is 2.27 bits per heavy atom. The van der Waals surface area contributed by atoms with Crippen LogP contribution in [0.1, 0.15) is 16.1 Å². The van der Waals surface area contributed by atoms with Gasteiger partial charge < -0.3 is 5.11 Å². The number of carboxylic acid groups (broad SMARTS) is 1. The molecule has 0 spiro atoms. The van der Waals surface area contributed by atoms with Crippen molar-refractivity contribution in [2.24, 2.45) is 0 Å². The summed E-state index contributed by atoms with van der Waals surface area (Å²) >= 11 is 5.52. The number of nitrogens with zero attached hydrogens (tertiary/aromatic N) is 2. The van der Waals surface area contributed by atoms with Crippen LogP contribution < -0.4 is 0 Å². The Labute approximate surface area is 67.8 Å². The molecule has 5 heteroatoms. The van der Waals surface area contributed by atoms with Crippen molar-refractivity contribution in [2.45, 2.75) is 6.92 Å². The second-order valence-electron chi connectivity index (χ2n) is 2.01. The monoisotopic (exact) mass is 172 g/mol. The zero-order valence-corrected chi connectivity index (χ0v) is 6.46. The van der Waals surface area contributed by atoms with Crippen LogP contribution in [0.5, 0.6) is 0 Å². The number of rotatable bonds is 1. The Morgan fingerprint density at radius 3 is 2.73 bits per heavy atom. The van der Waals surface area contributed by atoms with E-state index in [1.165, 1.54) is 6.07 Å². The molecular weight excluding hydrogens is 168 g/mol. The Hall–Kier alpha value is -1.16. The van der Waals surface area contributed by atoms with Crippen LogP contribution in [0.3, 0.4) is 0 Å². The average Bonchev–Trinajstić information content (AvgIpc) is 1.94. The number of hydrogen-bond donors (Lipinski definition) is 1. The average molecular weight is 173 g/mol. The molecule has 0 saturated heterocycles. The number of hydrogen-bond acceptors (Lipinski definition) is 3. The first kappa shape index (κ1) is 7.94. The largest absolute Gasteiger partial charge is 0.476 e. The van der Waals surface area contributed by atoms with Crippen LogP contribution >= 0.6 is 11.6 Å². The lowest BCUT2D eigenvalue weighted by Crippen LogP contribution is -2.02. The molecule has 1 heterocycles. The molecule has 1 rings (SSSR count). The van der Waals surface area contributed by atoms with E-state index in [2.05, 4.69) is 10.2 Å². The van der Waals surface area contributed by atoms with Crippen LogP contribution in [0.4, 0.5) is 0 Å². The van der Waals surface area contributed by atoms with Crippen LogP contribution in [0.25, 0.3) is 0 Å². The van der Waals surface area contributed by atoms with Crippen molar-refractivity contribution in [2.75, 3.05) is 0 Å². The van der Waals surface area contributed by atoms with Crippen LogP contribution in [0, 0.1) is 6.92 Å². The maximum Gasteiger partial charge on any atom is 0.356 e. The summed E-state index contributed by atoms with van der Waals surface area (Å²) in [6.07, 6.45) is 0. The van der Waals surface area contributed by atoms with Gasteiger partial charge in [0.05, 0.1) is 0 Å². The molecule has 1 aromatic heterocycles. The molecule has 1 aromatic rings. The number of carbonyl (C=O) groups is 1. The van der Waals surface area contributed by atoms with Crippen molar-refractivity contribution in [3.05, 3.63) is 22.5 Å².